The first-order chi connectivity index (χ1) is 11.3. The minimum absolute atomic E-state index is 0.0646. The summed E-state index contributed by atoms with van der Waals surface area (Å²) in [4.78, 5) is 16.3. The molecule has 2 N–H and O–H groups in total. The van der Waals surface area contributed by atoms with E-state index in [-0.39, 0.29) is 22.6 Å². The number of hydrogen-bond donors (Lipinski definition) is 2. The van der Waals surface area contributed by atoms with Crippen LogP contribution in [0, 0.1) is 11.8 Å². The number of rotatable bonds is 5. The summed E-state index contributed by atoms with van der Waals surface area (Å²) in [5.41, 5.74) is 0.799. The van der Waals surface area contributed by atoms with Gasteiger partial charge in [0.05, 0.1) is 15.7 Å². The Morgan fingerprint density at radius 3 is 2.33 bits per heavy atom. The number of amides is 1. The van der Waals surface area contributed by atoms with Gasteiger partial charge in [-0.3, -0.25) is 9.78 Å². The first-order valence-electron chi connectivity index (χ1n) is 8.66. The van der Waals surface area contributed by atoms with Gasteiger partial charge in [0.2, 0.25) is 5.91 Å². The fourth-order valence-corrected chi connectivity index (χ4v) is 3.89. The van der Waals surface area contributed by atoms with E-state index in [2.05, 4.69) is 21.9 Å². The third-order valence-corrected chi connectivity index (χ3v) is 6.34. The van der Waals surface area contributed by atoms with E-state index in [0.717, 1.165) is 31.4 Å². The molecule has 1 amide bonds. The molecule has 0 bridgehead atoms. The normalized spacial score (nSPS) is 24.2. The smallest absolute Gasteiger partial charge is 0.227 e. The molecule has 0 saturated heterocycles. The Kier molecular flexibility index (Phi) is 6.52. The highest BCUT2D eigenvalue weighted by atomic mass is 32.2. The van der Waals surface area contributed by atoms with Crippen molar-refractivity contribution in [3.8, 4) is 0 Å². The summed E-state index contributed by atoms with van der Waals surface area (Å²) in [6.45, 7) is 8.03. The van der Waals surface area contributed by atoms with Crippen molar-refractivity contribution in [3.05, 3.63) is 24.5 Å². The summed E-state index contributed by atoms with van der Waals surface area (Å²) >= 11 is 0. The van der Waals surface area contributed by atoms with Gasteiger partial charge in [-0.2, -0.15) is 0 Å². The number of nitrogens with zero attached hydrogens (tertiary/aromatic N) is 1. The van der Waals surface area contributed by atoms with E-state index in [1.807, 2.05) is 20.8 Å². The van der Waals surface area contributed by atoms with E-state index in [0.29, 0.717) is 5.92 Å². The van der Waals surface area contributed by atoms with Crippen LogP contribution < -0.4 is 10.0 Å². The number of carbonyl (C=O) groups excluding carboxylic acids is 1. The Hall–Kier alpha value is -1.27. The molecule has 0 aromatic carbocycles. The second kappa shape index (κ2) is 8.21. The van der Waals surface area contributed by atoms with E-state index >= 15 is 0 Å². The van der Waals surface area contributed by atoms with Crippen molar-refractivity contribution in [2.75, 3.05) is 5.32 Å². The fraction of sp³-hybridized carbons (Fsp3) is 0.667. The molecule has 1 fully saturated rings. The number of anilines is 1. The molecule has 1 saturated carbocycles. The summed E-state index contributed by atoms with van der Waals surface area (Å²) in [7, 11) is -1.05. The average Bonchev–Trinajstić information content (AvgIpc) is 2.55. The van der Waals surface area contributed by atoms with E-state index in [4.69, 9.17) is 0 Å². The van der Waals surface area contributed by atoms with Crippen LogP contribution in [0.15, 0.2) is 24.5 Å². The molecule has 0 radical (unpaired) electrons. The van der Waals surface area contributed by atoms with Gasteiger partial charge in [-0.15, -0.1) is 0 Å². The topological polar surface area (TPSA) is 71.1 Å². The summed E-state index contributed by atoms with van der Waals surface area (Å²) in [6.07, 6.45) is 7.10. The molecule has 1 aliphatic rings. The summed E-state index contributed by atoms with van der Waals surface area (Å²) in [5.74, 6) is 0.634. The van der Waals surface area contributed by atoms with Crippen LogP contribution in [0.5, 0.6) is 0 Å². The highest BCUT2D eigenvalue weighted by molar-refractivity contribution is 7.84. The molecule has 1 aliphatic carbocycles. The summed E-state index contributed by atoms with van der Waals surface area (Å²) in [5, 5.41) is 2.96. The molecule has 2 atom stereocenters. The second-order valence-corrected chi connectivity index (χ2v) is 9.62. The lowest BCUT2D eigenvalue weighted by Gasteiger charge is -2.33. The second-order valence-electron chi connectivity index (χ2n) is 7.62. The molecule has 6 heteroatoms. The van der Waals surface area contributed by atoms with Gasteiger partial charge in [0, 0.05) is 30.0 Å². The SMILES string of the molecule is C[C@@H](N[S@](=O)C(C)(C)C)C1CCC(C(=O)Nc2ccncc2)CC1. The van der Waals surface area contributed by atoms with Gasteiger partial charge < -0.3 is 5.32 Å². The third-order valence-electron chi connectivity index (χ3n) is 4.65. The van der Waals surface area contributed by atoms with Crippen molar-refractivity contribution < 1.29 is 9.00 Å². The Balaban J connectivity index is 1.80. The number of nitrogens with one attached hydrogen (secondary N) is 2. The van der Waals surface area contributed by atoms with Crippen LogP contribution in [0.25, 0.3) is 0 Å². The fourth-order valence-electron chi connectivity index (χ4n) is 3.00. The lowest BCUT2D eigenvalue weighted by atomic mass is 9.79. The van der Waals surface area contributed by atoms with Gasteiger partial charge >= 0.3 is 0 Å². The van der Waals surface area contributed by atoms with Gasteiger partial charge in [0.1, 0.15) is 0 Å². The van der Waals surface area contributed by atoms with Crippen LogP contribution in [-0.2, 0) is 15.8 Å². The van der Waals surface area contributed by atoms with Crippen molar-refractivity contribution in [1.29, 1.82) is 0 Å². The van der Waals surface area contributed by atoms with Gasteiger partial charge in [0.25, 0.3) is 0 Å². The van der Waals surface area contributed by atoms with Crippen LogP contribution in [0.4, 0.5) is 5.69 Å². The molecular formula is C18H29N3O2S. The highest BCUT2D eigenvalue weighted by Crippen LogP contribution is 2.32. The predicted octanol–water partition coefficient (Wildman–Crippen LogP) is 3.27. The minimum atomic E-state index is -1.05. The van der Waals surface area contributed by atoms with E-state index < -0.39 is 11.0 Å². The number of hydrogen-bond acceptors (Lipinski definition) is 3. The molecule has 1 aromatic heterocycles. The van der Waals surface area contributed by atoms with Crippen LogP contribution in [0.1, 0.15) is 53.4 Å². The average molecular weight is 352 g/mol. The maximum absolute atomic E-state index is 12.4. The van der Waals surface area contributed by atoms with Crippen molar-refractivity contribution in [2.24, 2.45) is 11.8 Å². The van der Waals surface area contributed by atoms with Crippen molar-refractivity contribution in [2.45, 2.75) is 64.2 Å². The zero-order valence-electron chi connectivity index (χ0n) is 15.0. The predicted molar refractivity (Wildman–Crippen MR) is 98.8 cm³/mol. The third kappa shape index (κ3) is 5.38. The Morgan fingerprint density at radius 1 is 1.21 bits per heavy atom. The zero-order valence-corrected chi connectivity index (χ0v) is 15.9. The first kappa shape index (κ1) is 19.1. The van der Waals surface area contributed by atoms with E-state index in [1.165, 1.54) is 0 Å². The minimum Gasteiger partial charge on any atom is -0.326 e. The molecule has 0 spiro atoms. The zero-order chi connectivity index (χ0) is 17.7. The van der Waals surface area contributed by atoms with Gasteiger partial charge in [-0.25, -0.2) is 8.93 Å². The maximum atomic E-state index is 12.4. The van der Waals surface area contributed by atoms with Crippen molar-refractivity contribution >= 4 is 22.6 Å². The Labute approximate surface area is 147 Å². The first-order valence-corrected chi connectivity index (χ1v) is 9.81. The lowest BCUT2D eigenvalue weighted by molar-refractivity contribution is -0.121. The van der Waals surface area contributed by atoms with Crippen LogP contribution in [-0.4, -0.2) is 25.9 Å². The maximum Gasteiger partial charge on any atom is 0.227 e. The van der Waals surface area contributed by atoms with E-state index in [1.54, 1.807) is 24.5 Å². The molecular weight excluding hydrogens is 322 g/mol. The van der Waals surface area contributed by atoms with Crippen LogP contribution >= 0.6 is 0 Å². The number of carbonyl (C=O) groups is 1. The van der Waals surface area contributed by atoms with E-state index in [9.17, 15) is 9.00 Å². The quantitative estimate of drug-likeness (QED) is 0.855. The molecule has 1 aromatic rings. The highest BCUT2D eigenvalue weighted by Gasteiger charge is 2.31. The molecule has 5 nitrogen and oxygen atoms in total. The Bertz CT molecular complexity index is 563. The molecule has 0 aliphatic heterocycles. The van der Waals surface area contributed by atoms with Gasteiger partial charge in [0.15, 0.2) is 0 Å². The summed E-state index contributed by atoms with van der Waals surface area (Å²) < 4.78 is 15.2. The van der Waals surface area contributed by atoms with Crippen LogP contribution in [0.3, 0.4) is 0 Å². The molecule has 1 heterocycles. The summed E-state index contributed by atoms with van der Waals surface area (Å²) in [6, 6.07) is 3.81. The Morgan fingerprint density at radius 2 is 1.79 bits per heavy atom. The largest absolute Gasteiger partial charge is 0.326 e. The van der Waals surface area contributed by atoms with Crippen molar-refractivity contribution in [1.82, 2.24) is 9.71 Å². The molecule has 2 rings (SSSR count). The standard InChI is InChI=1S/C18H29N3O2S/c1-13(21-24(23)18(2,3)4)14-5-7-15(8-6-14)17(22)20-16-9-11-19-12-10-16/h9-15,21H,5-8H2,1-4H3,(H,19,20,22)/t13-,14?,15?,24-/m1/s1. The van der Waals surface area contributed by atoms with Gasteiger partial charge in [-0.1, -0.05) is 0 Å². The molecule has 134 valence electrons. The van der Waals surface area contributed by atoms with Crippen molar-refractivity contribution in [3.63, 3.8) is 0 Å². The van der Waals surface area contributed by atoms with Crippen LogP contribution in [0.2, 0.25) is 0 Å². The van der Waals surface area contributed by atoms with Gasteiger partial charge in [-0.05, 0) is 71.4 Å². The monoisotopic (exact) mass is 351 g/mol. The molecule has 0 unspecified atom stereocenters. The number of pyridine rings is 1. The molecule has 24 heavy (non-hydrogen) atoms. The lowest BCUT2D eigenvalue weighted by Crippen LogP contribution is -2.43. The number of aromatic nitrogens is 1.